The second-order valence-corrected chi connectivity index (χ2v) is 5.75. The van der Waals surface area contributed by atoms with Crippen molar-refractivity contribution in [1.82, 2.24) is 9.78 Å². The van der Waals surface area contributed by atoms with Gasteiger partial charge in [-0.25, -0.2) is 0 Å². The van der Waals surface area contributed by atoms with Gasteiger partial charge in [0, 0.05) is 13.1 Å². The summed E-state index contributed by atoms with van der Waals surface area (Å²) in [6.07, 6.45) is 2.05. The molecule has 5 heteroatoms. The third-order valence-corrected chi connectivity index (χ3v) is 4.06. The zero-order valence-corrected chi connectivity index (χ0v) is 12.5. The Morgan fingerprint density at radius 2 is 1.95 bits per heavy atom. The van der Waals surface area contributed by atoms with Gasteiger partial charge < -0.3 is 11.1 Å². The lowest BCUT2D eigenvalue weighted by molar-refractivity contribution is 0.717. The molecule has 1 aliphatic rings. The van der Waals surface area contributed by atoms with Crippen molar-refractivity contribution in [2.24, 2.45) is 12.8 Å². The molecule has 1 heterocycles. The first-order chi connectivity index (χ1) is 9.56. The quantitative estimate of drug-likeness (QED) is 0.847. The molecule has 0 amide bonds. The number of hydrogen-bond donors (Lipinski definition) is 2. The summed E-state index contributed by atoms with van der Waals surface area (Å²) in [5, 5.41) is 7.97. The Morgan fingerprint density at radius 3 is 2.50 bits per heavy atom. The van der Waals surface area contributed by atoms with Crippen LogP contribution in [0, 0.1) is 6.92 Å². The molecule has 0 fully saturated rings. The van der Waals surface area contributed by atoms with Crippen molar-refractivity contribution >= 4 is 23.0 Å². The molecule has 0 radical (unpaired) electrons. The summed E-state index contributed by atoms with van der Waals surface area (Å²) in [4.78, 5) is 0.397. The zero-order valence-electron chi connectivity index (χ0n) is 11.7. The van der Waals surface area contributed by atoms with Gasteiger partial charge in [0.1, 0.15) is 10.8 Å². The summed E-state index contributed by atoms with van der Waals surface area (Å²) in [5.74, 6) is 0.924. The number of benzene rings is 1. The van der Waals surface area contributed by atoms with E-state index in [1.54, 1.807) is 0 Å². The van der Waals surface area contributed by atoms with Gasteiger partial charge in [-0.15, -0.1) is 0 Å². The highest BCUT2D eigenvalue weighted by atomic mass is 32.1. The first-order valence-electron chi connectivity index (χ1n) is 6.73. The average molecular weight is 286 g/mol. The predicted molar refractivity (Wildman–Crippen MR) is 85.1 cm³/mol. The number of aryl methyl sites for hydroxylation is 2. The Hall–Kier alpha value is -1.88. The molecule has 0 atom stereocenters. The maximum absolute atomic E-state index is 5.83. The first-order valence-corrected chi connectivity index (χ1v) is 7.14. The maximum atomic E-state index is 5.83. The van der Waals surface area contributed by atoms with E-state index < -0.39 is 0 Å². The second kappa shape index (κ2) is 4.90. The lowest BCUT2D eigenvalue weighted by Gasteiger charge is -2.15. The summed E-state index contributed by atoms with van der Waals surface area (Å²) in [6.45, 7) is 1.93. The highest BCUT2D eigenvalue weighted by Crippen LogP contribution is 2.26. The molecule has 0 bridgehead atoms. The van der Waals surface area contributed by atoms with Gasteiger partial charge in [-0.1, -0.05) is 36.5 Å². The molecule has 3 N–H and O–H groups in total. The van der Waals surface area contributed by atoms with E-state index in [9.17, 15) is 0 Å². The van der Waals surface area contributed by atoms with Crippen LogP contribution in [0.2, 0.25) is 0 Å². The van der Waals surface area contributed by atoms with E-state index in [1.807, 2.05) is 18.7 Å². The number of anilines is 1. The number of rotatable bonds is 3. The first kappa shape index (κ1) is 13.1. The van der Waals surface area contributed by atoms with Crippen LogP contribution in [-0.4, -0.2) is 20.8 Å². The highest BCUT2D eigenvalue weighted by molar-refractivity contribution is 7.80. The Balaban J connectivity index is 1.86. The van der Waals surface area contributed by atoms with Crippen molar-refractivity contribution in [3.05, 3.63) is 46.6 Å². The molecule has 0 unspecified atom stereocenters. The predicted octanol–water partition coefficient (Wildman–Crippen LogP) is 1.94. The molecule has 0 aliphatic heterocycles. The summed E-state index contributed by atoms with van der Waals surface area (Å²) in [6, 6.07) is 8.95. The molecule has 0 saturated carbocycles. The van der Waals surface area contributed by atoms with Gasteiger partial charge in [0.25, 0.3) is 0 Å². The zero-order chi connectivity index (χ0) is 14.3. The topological polar surface area (TPSA) is 55.9 Å². The Labute approximate surface area is 124 Å². The van der Waals surface area contributed by atoms with Crippen LogP contribution in [0.5, 0.6) is 0 Å². The summed E-state index contributed by atoms with van der Waals surface area (Å²) < 4.78 is 1.83. The van der Waals surface area contributed by atoms with Crippen molar-refractivity contribution in [3.63, 3.8) is 0 Å². The van der Waals surface area contributed by atoms with Gasteiger partial charge >= 0.3 is 0 Å². The van der Waals surface area contributed by atoms with Gasteiger partial charge in [-0.3, -0.25) is 4.68 Å². The van der Waals surface area contributed by atoms with Crippen molar-refractivity contribution < 1.29 is 0 Å². The van der Waals surface area contributed by atoms with Crippen molar-refractivity contribution in [2.45, 2.75) is 25.8 Å². The number of nitrogens with one attached hydrogen (secondary N) is 1. The highest BCUT2D eigenvalue weighted by Gasteiger charge is 2.24. The molecule has 20 heavy (non-hydrogen) atoms. The van der Waals surface area contributed by atoms with Crippen molar-refractivity contribution in [2.75, 3.05) is 5.32 Å². The van der Waals surface area contributed by atoms with Crippen molar-refractivity contribution in [1.29, 1.82) is 0 Å². The van der Waals surface area contributed by atoms with E-state index in [0.29, 0.717) is 11.0 Å². The van der Waals surface area contributed by atoms with Gasteiger partial charge in [0.2, 0.25) is 0 Å². The smallest absolute Gasteiger partial charge is 0.134 e. The molecule has 0 saturated heterocycles. The minimum absolute atomic E-state index is 0.371. The van der Waals surface area contributed by atoms with Gasteiger partial charge in [0.05, 0.1) is 11.3 Å². The Kier molecular flexibility index (Phi) is 3.22. The second-order valence-electron chi connectivity index (χ2n) is 5.32. The van der Waals surface area contributed by atoms with Crippen LogP contribution >= 0.6 is 12.2 Å². The van der Waals surface area contributed by atoms with Gasteiger partial charge in [0.15, 0.2) is 0 Å². The molecular weight excluding hydrogens is 268 g/mol. The molecule has 2 aromatic rings. The fraction of sp³-hybridized carbons (Fsp3) is 0.333. The van der Waals surface area contributed by atoms with Crippen LogP contribution in [0.4, 0.5) is 5.82 Å². The number of hydrogen-bond acceptors (Lipinski definition) is 3. The fourth-order valence-corrected chi connectivity index (χ4v) is 3.22. The molecule has 3 rings (SSSR count). The molecular formula is C15H18N4S. The summed E-state index contributed by atoms with van der Waals surface area (Å²) >= 11 is 5.15. The third kappa shape index (κ3) is 2.18. The summed E-state index contributed by atoms with van der Waals surface area (Å²) in [7, 11) is 1.92. The monoisotopic (exact) mass is 286 g/mol. The number of thiocarbonyl (C=S) groups is 1. The maximum Gasteiger partial charge on any atom is 0.134 e. The lowest BCUT2D eigenvalue weighted by atomic mass is 10.1. The summed E-state index contributed by atoms with van der Waals surface area (Å²) in [5.41, 5.74) is 10.4. The average Bonchev–Trinajstić information content (AvgIpc) is 2.90. The minimum Gasteiger partial charge on any atom is -0.389 e. The Bertz CT molecular complexity index is 650. The number of nitrogens with zero attached hydrogens (tertiary/aromatic N) is 2. The fourth-order valence-electron chi connectivity index (χ4n) is 2.97. The van der Waals surface area contributed by atoms with Crippen LogP contribution < -0.4 is 11.1 Å². The molecule has 4 nitrogen and oxygen atoms in total. The molecule has 1 aliphatic carbocycles. The van der Waals surface area contributed by atoms with Crippen LogP contribution in [0.1, 0.15) is 22.4 Å². The third-order valence-electron chi connectivity index (χ3n) is 3.86. The molecule has 0 spiro atoms. The van der Waals surface area contributed by atoms with Gasteiger partial charge in [-0.05, 0) is 30.9 Å². The standard InChI is InChI=1S/C15H18N4S/c1-9-13(14(16)20)15(19(2)18-9)17-12-7-10-5-3-4-6-11(10)8-12/h3-6,12,17H,7-8H2,1-2H3,(H2,16,20). The van der Waals surface area contributed by atoms with E-state index >= 15 is 0 Å². The van der Waals surface area contributed by atoms with Gasteiger partial charge in [-0.2, -0.15) is 5.10 Å². The van der Waals surface area contributed by atoms with E-state index in [-0.39, 0.29) is 0 Å². The van der Waals surface area contributed by atoms with E-state index in [0.717, 1.165) is 29.9 Å². The molecule has 1 aromatic heterocycles. The van der Waals surface area contributed by atoms with Crippen LogP contribution in [0.3, 0.4) is 0 Å². The Morgan fingerprint density at radius 1 is 1.35 bits per heavy atom. The van der Waals surface area contributed by atoms with Crippen LogP contribution in [0.25, 0.3) is 0 Å². The van der Waals surface area contributed by atoms with E-state index in [2.05, 4.69) is 34.7 Å². The van der Waals surface area contributed by atoms with Crippen LogP contribution in [0.15, 0.2) is 24.3 Å². The van der Waals surface area contributed by atoms with E-state index in [1.165, 1.54) is 11.1 Å². The van der Waals surface area contributed by atoms with E-state index in [4.69, 9.17) is 18.0 Å². The molecule has 1 aromatic carbocycles. The minimum atomic E-state index is 0.371. The normalized spacial score (nSPS) is 14.3. The lowest BCUT2D eigenvalue weighted by Crippen LogP contribution is -2.23. The largest absolute Gasteiger partial charge is 0.389 e. The molecule has 104 valence electrons. The SMILES string of the molecule is Cc1nn(C)c(NC2Cc3ccccc3C2)c1C(N)=S. The van der Waals surface area contributed by atoms with Crippen LogP contribution in [-0.2, 0) is 19.9 Å². The number of fused-ring (bicyclic) bond motifs is 1. The van der Waals surface area contributed by atoms with Crippen molar-refractivity contribution in [3.8, 4) is 0 Å². The number of nitrogens with two attached hydrogens (primary N) is 1. The number of aromatic nitrogens is 2.